The zero-order valence-electron chi connectivity index (χ0n) is 3.48. The summed E-state index contributed by atoms with van der Waals surface area (Å²) < 4.78 is 0. The maximum atomic E-state index is 10.1. The summed E-state index contributed by atoms with van der Waals surface area (Å²) in [6.45, 7) is 0. The van der Waals surface area contributed by atoms with E-state index in [-0.39, 0.29) is 11.3 Å². The Kier molecular flexibility index (Phi) is 1.44. The molecule has 0 aromatic carbocycles. The summed E-state index contributed by atoms with van der Waals surface area (Å²) in [6.07, 6.45) is 0.578. The summed E-state index contributed by atoms with van der Waals surface area (Å²) in [5.41, 5.74) is 0. The zero-order valence-corrected chi connectivity index (χ0v) is 5.05. The van der Waals surface area contributed by atoms with Gasteiger partial charge in [-0.1, -0.05) is 0 Å². The number of halogens is 1. The van der Waals surface area contributed by atoms with Crippen LogP contribution in [-0.2, 0) is 4.79 Å². The largest absolute Gasteiger partial charge is 0.343 e. The monoisotopic (exact) mass is 137 g/mol. The summed E-state index contributed by atoms with van der Waals surface area (Å²) >= 11 is 0. The van der Waals surface area contributed by atoms with Crippen molar-refractivity contribution in [1.29, 1.82) is 0 Å². The third kappa shape index (κ3) is 1.01. The van der Waals surface area contributed by atoms with E-state index in [0.717, 1.165) is 11.0 Å². The molecule has 2 nitrogen and oxygen atoms in total. The first-order valence-electron chi connectivity index (χ1n) is 1.89. The molecule has 0 aromatic heterocycles. The number of carbonyl (C=O) groups excluding carboxylic acids is 1. The van der Waals surface area contributed by atoms with E-state index < -0.39 is 0 Å². The third-order valence-corrected chi connectivity index (χ3v) is 1.95. The van der Waals surface area contributed by atoms with E-state index in [9.17, 15) is 4.79 Å². The standard InChI is InChI=1S/C3H4ClNOS/c4-7-3-1-2(6)5-3/h3H,1H2,(H,5,6). The highest BCUT2D eigenvalue weighted by Gasteiger charge is 2.24. The van der Waals surface area contributed by atoms with Gasteiger partial charge < -0.3 is 5.32 Å². The van der Waals surface area contributed by atoms with Crippen molar-refractivity contribution in [3.8, 4) is 0 Å². The van der Waals surface area contributed by atoms with Gasteiger partial charge in [0, 0.05) is 0 Å². The Labute approximate surface area is 50.1 Å². The van der Waals surface area contributed by atoms with E-state index in [1.165, 1.54) is 0 Å². The molecular formula is C3H4ClNOS. The molecule has 1 aliphatic rings. The second-order valence-corrected chi connectivity index (χ2v) is 2.63. The van der Waals surface area contributed by atoms with Gasteiger partial charge >= 0.3 is 0 Å². The molecule has 1 aliphatic heterocycles. The van der Waals surface area contributed by atoms with Gasteiger partial charge in [0.2, 0.25) is 5.91 Å². The minimum Gasteiger partial charge on any atom is -0.343 e. The normalized spacial score (nSPS) is 28.7. The Morgan fingerprint density at radius 2 is 2.57 bits per heavy atom. The maximum absolute atomic E-state index is 10.1. The molecule has 0 radical (unpaired) electrons. The van der Waals surface area contributed by atoms with Gasteiger partial charge in [-0.2, -0.15) is 0 Å². The van der Waals surface area contributed by atoms with Crippen LogP contribution in [-0.4, -0.2) is 11.3 Å². The van der Waals surface area contributed by atoms with E-state index >= 15 is 0 Å². The lowest BCUT2D eigenvalue weighted by molar-refractivity contribution is -0.126. The molecule has 4 heteroatoms. The summed E-state index contributed by atoms with van der Waals surface area (Å²) in [7, 11) is 6.43. The van der Waals surface area contributed by atoms with E-state index in [4.69, 9.17) is 10.7 Å². The minimum atomic E-state index is 0.0955. The first-order valence-corrected chi connectivity index (χ1v) is 3.60. The Morgan fingerprint density at radius 3 is 2.71 bits per heavy atom. The van der Waals surface area contributed by atoms with Crippen molar-refractivity contribution in [3.05, 3.63) is 0 Å². The molecule has 1 rings (SSSR count). The van der Waals surface area contributed by atoms with Crippen LogP contribution in [0.15, 0.2) is 0 Å². The average Bonchev–Trinajstić information content (AvgIpc) is 1.58. The number of nitrogens with one attached hydrogen (secondary N) is 1. The molecule has 0 saturated carbocycles. The van der Waals surface area contributed by atoms with Crippen molar-refractivity contribution in [2.45, 2.75) is 11.8 Å². The molecular weight excluding hydrogens is 134 g/mol. The van der Waals surface area contributed by atoms with Gasteiger partial charge in [-0.25, -0.2) is 0 Å². The van der Waals surface area contributed by atoms with Crippen molar-refractivity contribution in [1.82, 2.24) is 5.32 Å². The Morgan fingerprint density at radius 1 is 2.00 bits per heavy atom. The van der Waals surface area contributed by atoms with E-state index in [1.807, 2.05) is 0 Å². The van der Waals surface area contributed by atoms with Crippen LogP contribution in [0.3, 0.4) is 0 Å². The van der Waals surface area contributed by atoms with Crippen LogP contribution in [0.1, 0.15) is 6.42 Å². The lowest BCUT2D eigenvalue weighted by Crippen LogP contribution is -2.45. The van der Waals surface area contributed by atoms with E-state index in [0.29, 0.717) is 6.42 Å². The maximum Gasteiger partial charge on any atom is 0.223 e. The quantitative estimate of drug-likeness (QED) is 0.540. The highest BCUT2D eigenvalue weighted by atomic mass is 35.7. The molecule has 1 saturated heterocycles. The predicted molar refractivity (Wildman–Crippen MR) is 30.0 cm³/mol. The number of β-lactam (4-membered cyclic amide) rings is 1. The summed E-state index contributed by atoms with van der Waals surface area (Å²) in [5.74, 6) is 0.0955. The Balaban J connectivity index is 2.17. The Bertz CT molecular complexity index is 88.9. The smallest absolute Gasteiger partial charge is 0.223 e. The van der Waals surface area contributed by atoms with Gasteiger partial charge in [0.05, 0.1) is 11.8 Å². The molecule has 40 valence electrons. The molecule has 1 atom stereocenters. The highest BCUT2D eigenvalue weighted by molar-refractivity contribution is 8.21. The first kappa shape index (κ1) is 5.25. The molecule has 1 unspecified atom stereocenters. The Hall–Kier alpha value is 0.110. The van der Waals surface area contributed by atoms with Crippen LogP contribution in [0.25, 0.3) is 0 Å². The van der Waals surface area contributed by atoms with Crippen LogP contribution in [0, 0.1) is 0 Å². The summed E-state index contributed by atoms with van der Waals surface area (Å²) in [4.78, 5) is 10.1. The number of amides is 1. The molecule has 1 amide bonds. The van der Waals surface area contributed by atoms with Crippen LogP contribution in [0.2, 0.25) is 0 Å². The van der Waals surface area contributed by atoms with Crippen LogP contribution < -0.4 is 5.32 Å². The lowest BCUT2D eigenvalue weighted by atomic mass is 10.3. The van der Waals surface area contributed by atoms with Gasteiger partial charge in [0.15, 0.2) is 0 Å². The van der Waals surface area contributed by atoms with Crippen LogP contribution in [0.4, 0.5) is 0 Å². The molecule has 0 aliphatic carbocycles. The van der Waals surface area contributed by atoms with Crippen LogP contribution >= 0.6 is 21.7 Å². The fraction of sp³-hybridized carbons (Fsp3) is 0.667. The number of hydrogen-bond donors (Lipinski definition) is 1. The van der Waals surface area contributed by atoms with E-state index in [1.54, 1.807) is 0 Å². The average molecular weight is 138 g/mol. The van der Waals surface area contributed by atoms with E-state index in [2.05, 4.69) is 5.32 Å². The van der Waals surface area contributed by atoms with Gasteiger partial charge in [-0.3, -0.25) is 4.79 Å². The van der Waals surface area contributed by atoms with Crippen molar-refractivity contribution in [2.24, 2.45) is 0 Å². The fourth-order valence-electron chi connectivity index (χ4n) is 0.381. The van der Waals surface area contributed by atoms with Crippen molar-refractivity contribution < 1.29 is 4.79 Å². The zero-order chi connectivity index (χ0) is 5.28. The SMILES string of the molecule is O=C1CC(SCl)N1. The summed E-state index contributed by atoms with van der Waals surface area (Å²) in [6, 6.07) is 0. The number of rotatable bonds is 1. The topological polar surface area (TPSA) is 29.1 Å². The first-order chi connectivity index (χ1) is 3.33. The number of hydrogen-bond acceptors (Lipinski definition) is 2. The number of carbonyl (C=O) groups is 1. The molecule has 0 aromatic rings. The third-order valence-electron chi connectivity index (χ3n) is 0.800. The second-order valence-electron chi connectivity index (χ2n) is 1.35. The second kappa shape index (κ2) is 1.92. The predicted octanol–water partition coefficient (Wildman–Crippen LogP) is 0.719. The van der Waals surface area contributed by atoms with Crippen molar-refractivity contribution in [2.75, 3.05) is 0 Å². The minimum absolute atomic E-state index is 0.0955. The van der Waals surface area contributed by atoms with Gasteiger partial charge in [0.25, 0.3) is 0 Å². The van der Waals surface area contributed by atoms with Gasteiger partial charge in [0.1, 0.15) is 0 Å². The molecule has 1 N–H and O–H groups in total. The highest BCUT2D eigenvalue weighted by Crippen LogP contribution is 2.21. The molecule has 7 heavy (non-hydrogen) atoms. The molecule has 0 spiro atoms. The van der Waals surface area contributed by atoms with Crippen molar-refractivity contribution in [3.63, 3.8) is 0 Å². The van der Waals surface area contributed by atoms with Crippen LogP contribution in [0.5, 0.6) is 0 Å². The molecule has 0 bridgehead atoms. The van der Waals surface area contributed by atoms with Gasteiger partial charge in [-0.05, 0) is 21.7 Å². The molecule has 1 heterocycles. The van der Waals surface area contributed by atoms with Crippen molar-refractivity contribution >= 4 is 27.6 Å². The summed E-state index contributed by atoms with van der Waals surface area (Å²) in [5, 5.41) is 2.76. The lowest BCUT2D eigenvalue weighted by Gasteiger charge is -2.22. The molecule has 1 fully saturated rings. The fourth-order valence-corrected chi connectivity index (χ4v) is 1.09. The van der Waals surface area contributed by atoms with Gasteiger partial charge in [-0.15, -0.1) is 0 Å².